The lowest BCUT2D eigenvalue weighted by molar-refractivity contribution is -0.124. The molecule has 0 saturated carbocycles. The molecule has 2 N–H and O–H groups in total. The van der Waals surface area contributed by atoms with Crippen LogP contribution in [0.1, 0.15) is 23.7 Å². The summed E-state index contributed by atoms with van der Waals surface area (Å²) in [5, 5.41) is 6.01. The van der Waals surface area contributed by atoms with Crippen LogP contribution in [0.3, 0.4) is 0 Å². The Bertz CT molecular complexity index is 922. The maximum Gasteiger partial charge on any atom is 0.241 e. The number of aryl methyl sites for hydroxylation is 1. The number of morpholine rings is 1. The standard InChI is InChI=1S/C20H23N5O2S/c1-13-11-28-20(23-13)18-10-25(7-8-27-18)14(2)19(26)24-16-5-3-15(4-6-16)17-9-21-12-22-17/h3-6,9,11-12,14,18H,7-8,10H2,1-2H3,(H,21,22)(H,24,26)/t14-,18+/m1/s1. The Morgan fingerprint density at radius 2 is 2.21 bits per heavy atom. The molecule has 1 aromatic carbocycles. The van der Waals surface area contributed by atoms with Crippen LogP contribution in [0.4, 0.5) is 5.69 Å². The van der Waals surface area contributed by atoms with Gasteiger partial charge in [0.15, 0.2) is 0 Å². The largest absolute Gasteiger partial charge is 0.368 e. The van der Waals surface area contributed by atoms with Crippen LogP contribution in [-0.2, 0) is 9.53 Å². The van der Waals surface area contributed by atoms with Crippen LogP contribution in [0.15, 0.2) is 42.2 Å². The van der Waals surface area contributed by atoms with E-state index in [4.69, 9.17) is 4.74 Å². The lowest BCUT2D eigenvalue weighted by atomic mass is 10.1. The van der Waals surface area contributed by atoms with Gasteiger partial charge >= 0.3 is 0 Å². The van der Waals surface area contributed by atoms with Crippen LogP contribution in [-0.4, -0.2) is 51.5 Å². The van der Waals surface area contributed by atoms with E-state index in [-0.39, 0.29) is 18.1 Å². The Labute approximate surface area is 167 Å². The van der Waals surface area contributed by atoms with Crippen molar-refractivity contribution >= 4 is 22.9 Å². The number of amides is 1. The second kappa shape index (κ2) is 8.22. The van der Waals surface area contributed by atoms with Crippen molar-refractivity contribution in [1.82, 2.24) is 19.9 Å². The summed E-state index contributed by atoms with van der Waals surface area (Å²) in [4.78, 5) is 26.5. The molecule has 7 nitrogen and oxygen atoms in total. The molecule has 1 fully saturated rings. The van der Waals surface area contributed by atoms with Gasteiger partial charge in [-0.3, -0.25) is 9.69 Å². The Balaban J connectivity index is 1.37. The number of carbonyl (C=O) groups is 1. The number of anilines is 1. The third kappa shape index (κ3) is 4.14. The fourth-order valence-corrected chi connectivity index (χ4v) is 4.08. The summed E-state index contributed by atoms with van der Waals surface area (Å²) in [5.74, 6) is -0.0229. The first-order valence-corrected chi connectivity index (χ1v) is 10.2. The second-order valence-corrected chi connectivity index (χ2v) is 7.78. The smallest absolute Gasteiger partial charge is 0.241 e. The first-order valence-electron chi connectivity index (χ1n) is 9.27. The molecule has 3 aromatic rings. The third-order valence-electron chi connectivity index (χ3n) is 4.90. The highest BCUT2D eigenvalue weighted by atomic mass is 32.1. The molecule has 0 radical (unpaired) electrons. The van der Waals surface area contributed by atoms with Crippen molar-refractivity contribution in [2.24, 2.45) is 0 Å². The van der Waals surface area contributed by atoms with Crippen LogP contribution in [0.2, 0.25) is 0 Å². The molecule has 0 aliphatic carbocycles. The second-order valence-electron chi connectivity index (χ2n) is 6.89. The molecule has 0 spiro atoms. The molecular formula is C20H23N5O2S. The summed E-state index contributed by atoms with van der Waals surface area (Å²) in [5.41, 5.74) is 3.76. The zero-order chi connectivity index (χ0) is 19.5. The molecule has 2 aromatic heterocycles. The number of thiazole rings is 1. The van der Waals surface area contributed by atoms with Gasteiger partial charge in [-0.25, -0.2) is 9.97 Å². The van der Waals surface area contributed by atoms with E-state index in [9.17, 15) is 4.79 Å². The number of imidazole rings is 1. The Morgan fingerprint density at radius 1 is 1.39 bits per heavy atom. The predicted octanol–water partition coefficient (Wildman–Crippen LogP) is 3.24. The average molecular weight is 398 g/mol. The molecule has 8 heteroatoms. The van der Waals surface area contributed by atoms with Gasteiger partial charge in [-0.2, -0.15) is 0 Å². The van der Waals surface area contributed by atoms with Crippen molar-refractivity contribution in [2.45, 2.75) is 26.0 Å². The molecule has 0 unspecified atom stereocenters. The minimum Gasteiger partial charge on any atom is -0.368 e. The summed E-state index contributed by atoms with van der Waals surface area (Å²) in [6, 6.07) is 7.48. The zero-order valence-electron chi connectivity index (χ0n) is 15.9. The minimum atomic E-state index is -0.250. The first-order chi connectivity index (χ1) is 13.6. The van der Waals surface area contributed by atoms with Crippen molar-refractivity contribution in [2.75, 3.05) is 25.0 Å². The molecule has 3 heterocycles. The van der Waals surface area contributed by atoms with E-state index in [0.29, 0.717) is 13.2 Å². The zero-order valence-corrected chi connectivity index (χ0v) is 16.7. The van der Waals surface area contributed by atoms with Gasteiger partial charge in [-0.05, 0) is 31.5 Å². The van der Waals surface area contributed by atoms with E-state index in [1.54, 1.807) is 23.9 Å². The SMILES string of the molecule is Cc1csc([C@@H]2CN([C@H](C)C(=O)Nc3ccc(-c4cnc[nH]4)cc3)CCO2)n1. The van der Waals surface area contributed by atoms with Crippen molar-refractivity contribution < 1.29 is 9.53 Å². The molecular weight excluding hydrogens is 374 g/mol. The van der Waals surface area contributed by atoms with E-state index >= 15 is 0 Å². The molecule has 4 rings (SSSR count). The maximum atomic E-state index is 12.7. The van der Waals surface area contributed by atoms with Gasteiger partial charge in [0, 0.05) is 29.9 Å². The fourth-order valence-electron chi connectivity index (χ4n) is 3.25. The number of rotatable bonds is 5. The van der Waals surface area contributed by atoms with E-state index in [2.05, 4.69) is 25.2 Å². The van der Waals surface area contributed by atoms with E-state index in [1.807, 2.05) is 43.5 Å². The maximum absolute atomic E-state index is 12.7. The summed E-state index contributed by atoms with van der Waals surface area (Å²) < 4.78 is 5.87. The van der Waals surface area contributed by atoms with Crippen LogP contribution in [0.5, 0.6) is 0 Å². The number of nitrogens with one attached hydrogen (secondary N) is 2. The monoisotopic (exact) mass is 397 g/mol. The molecule has 2 atom stereocenters. The van der Waals surface area contributed by atoms with Crippen molar-refractivity contribution in [1.29, 1.82) is 0 Å². The number of carbonyl (C=O) groups excluding carboxylic acids is 1. The number of H-pyrrole nitrogens is 1. The van der Waals surface area contributed by atoms with Gasteiger partial charge in [0.05, 0.1) is 30.9 Å². The highest BCUT2D eigenvalue weighted by molar-refractivity contribution is 7.09. The highest BCUT2D eigenvalue weighted by Gasteiger charge is 2.30. The number of ether oxygens (including phenoxy) is 1. The molecule has 1 aliphatic heterocycles. The molecule has 1 aliphatic rings. The first kappa shape index (κ1) is 18.8. The van der Waals surface area contributed by atoms with Crippen molar-refractivity contribution in [3.8, 4) is 11.3 Å². The van der Waals surface area contributed by atoms with Gasteiger partial charge in [-0.15, -0.1) is 11.3 Å². The Morgan fingerprint density at radius 3 is 2.89 bits per heavy atom. The van der Waals surface area contributed by atoms with Crippen LogP contribution in [0.25, 0.3) is 11.3 Å². The van der Waals surface area contributed by atoms with Gasteiger partial charge in [0.2, 0.25) is 5.91 Å². The molecule has 1 amide bonds. The third-order valence-corrected chi connectivity index (χ3v) is 5.95. The van der Waals surface area contributed by atoms with E-state index in [0.717, 1.165) is 34.2 Å². The van der Waals surface area contributed by atoms with Gasteiger partial charge in [-0.1, -0.05) is 12.1 Å². The van der Waals surface area contributed by atoms with E-state index < -0.39 is 0 Å². The summed E-state index contributed by atoms with van der Waals surface area (Å²) in [6.07, 6.45) is 3.35. The molecule has 0 bridgehead atoms. The number of aromatic nitrogens is 3. The van der Waals surface area contributed by atoms with Crippen LogP contribution < -0.4 is 5.32 Å². The van der Waals surface area contributed by atoms with E-state index in [1.165, 1.54) is 0 Å². The molecule has 28 heavy (non-hydrogen) atoms. The quantitative estimate of drug-likeness (QED) is 0.691. The number of hydrogen-bond donors (Lipinski definition) is 2. The Kier molecular flexibility index (Phi) is 5.52. The number of hydrogen-bond acceptors (Lipinski definition) is 6. The summed E-state index contributed by atoms with van der Waals surface area (Å²) >= 11 is 1.61. The number of nitrogens with zero attached hydrogens (tertiary/aromatic N) is 3. The number of aromatic amines is 1. The summed E-state index contributed by atoms with van der Waals surface area (Å²) in [7, 11) is 0. The van der Waals surface area contributed by atoms with Gasteiger partial charge < -0.3 is 15.0 Å². The Hall–Kier alpha value is -2.55. The fraction of sp³-hybridized carbons (Fsp3) is 0.350. The number of benzene rings is 1. The topological polar surface area (TPSA) is 83.1 Å². The average Bonchev–Trinajstić information content (AvgIpc) is 3.40. The van der Waals surface area contributed by atoms with Crippen molar-refractivity contribution in [3.05, 3.63) is 52.9 Å². The summed E-state index contributed by atoms with van der Waals surface area (Å²) in [6.45, 7) is 5.91. The highest BCUT2D eigenvalue weighted by Crippen LogP contribution is 2.26. The van der Waals surface area contributed by atoms with Crippen molar-refractivity contribution in [3.63, 3.8) is 0 Å². The van der Waals surface area contributed by atoms with Gasteiger partial charge in [0.1, 0.15) is 11.1 Å². The van der Waals surface area contributed by atoms with Crippen LogP contribution >= 0.6 is 11.3 Å². The molecule has 146 valence electrons. The predicted molar refractivity (Wildman–Crippen MR) is 109 cm³/mol. The van der Waals surface area contributed by atoms with Crippen LogP contribution in [0, 0.1) is 6.92 Å². The lowest BCUT2D eigenvalue weighted by Gasteiger charge is -2.35. The van der Waals surface area contributed by atoms with Gasteiger partial charge in [0.25, 0.3) is 0 Å². The lowest BCUT2D eigenvalue weighted by Crippen LogP contribution is -2.48. The minimum absolute atomic E-state index is 0.0229. The normalized spacial score (nSPS) is 18.7. The molecule has 1 saturated heterocycles.